The number of fused-ring (bicyclic) bond motifs is 1. The van der Waals surface area contributed by atoms with Crippen LogP contribution in [0.5, 0.6) is 0 Å². The van der Waals surface area contributed by atoms with E-state index in [2.05, 4.69) is 42.5 Å². The van der Waals surface area contributed by atoms with Crippen molar-refractivity contribution in [2.24, 2.45) is 5.73 Å². The van der Waals surface area contributed by atoms with Gasteiger partial charge in [-0.25, -0.2) is 0 Å². The van der Waals surface area contributed by atoms with Gasteiger partial charge in [-0.15, -0.1) is 0 Å². The number of benzene rings is 2. The highest BCUT2D eigenvalue weighted by Gasteiger charge is 2.08. The predicted octanol–water partition coefficient (Wildman–Crippen LogP) is 3.55. The fourth-order valence-corrected chi connectivity index (χ4v) is 2.54. The zero-order valence-electron chi connectivity index (χ0n) is 10.8. The molecule has 0 aliphatic carbocycles. The van der Waals surface area contributed by atoms with E-state index < -0.39 is 0 Å². The van der Waals surface area contributed by atoms with Crippen molar-refractivity contribution in [2.75, 3.05) is 0 Å². The standard InChI is InChI=1S/C17H17NO/c18-16(10-13-8-9-19-12-13)11-15-6-3-5-14-4-1-2-7-17(14)15/h1-9,12,16H,10-11,18H2. The highest BCUT2D eigenvalue weighted by Crippen LogP contribution is 2.20. The molecule has 2 aromatic carbocycles. The quantitative estimate of drug-likeness (QED) is 0.770. The van der Waals surface area contributed by atoms with E-state index in [9.17, 15) is 0 Å². The molecule has 19 heavy (non-hydrogen) atoms. The summed E-state index contributed by atoms with van der Waals surface area (Å²) in [6.45, 7) is 0. The third-order valence-corrected chi connectivity index (χ3v) is 3.44. The summed E-state index contributed by atoms with van der Waals surface area (Å²) in [5.41, 5.74) is 8.72. The minimum absolute atomic E-state index is 0.114. The summed E-state index contributed by atoms with van der Waals surface area (Å²) in [6.07, 6.45) is 5.19. The lowest BCUT2D eigenvalue weighted by molar-refractivity contribution is 0.560. The Kier molecular flexibility index (Phi) is 3.34. The van der Waals surface area contributed by atoms with Gasteiger partial charge in [-0.05, 0) is 40.8 Å². The fraction of sp³-hybridized carbons (Fsp3) is 0.176. The molecule has 0 radical (unpaired) electrons. The largest absolute Gasteiger partial charge is 0.472 e. The Bertz CT molecular complexity index is 653. The van der Waals surface area contributed by atoms with Gasteiger partial charge >= 0.3 is 0 Å². The summed E-state index contributed by atoms with van der Waals surface area (Å²) in [4.78, 5) is 0. The first-order valence-electron chi connectivity index (χ1n) is 6.56. The molecule has 0 fully saturated rings. The van der Waals surface area contributed by atoms with Gasteiger partial charge in [0.15, 0.2) is 0 Å². The van der Waals surface area contributed by atoms with Crippen LogP contribution in [0.3, 0.4) is 0 Å². The first-order valence-corrected chi connectivity index (χ1v) is 6.56. The van der Waals surface area contributed by atoms with Crippen LogP contribution in [0.1, 0.15) is 11.1 Å². The molecule has 96 valence electrons. The van der Waals surface area contributed by atoms with Crippen molar-refractivity contribution < 1.29 is 4.42 Å². The van der Waals surface area contributed by atoms with E-state index in [0.717, 1.165) is 18.4 Å². The van der Waals surface area contributed by atoms with Gasteiger partial charge in [0, 0.05) is 6.04 Å². The van der Waals surface area contributed by atoms with Crippen molar-refractivity contribution in [3.63, 3.8) is 0 Å². The number of rotatable bonds is 4. The normalized spacial score (nSPS) is 12.7. The number of furan rings is 1. The van der Waals surface area contributed by atoms with Crippen LogP contribution >= 0.6 is 0 Å². The van der Waals surface area contributed by atoms with Crippen molar-refractivity contribution in [1.82, 2.24) is 0 Å². The van der Waals surface area contributed by atoms with E-state index >= 15 is 0 Å². The molecule has 1 heterocycles. The van der Waals surface area contributed by atoms with Gasteiger partial charge < -0.3 is 10.2 Å². The van der Waals surface area contributed by atoms with E-state index in [1.807, 2.05) is 6.07 Å². The van der Waals surface area contributed by atoms with Crippen molar-refractivity contribution >= 4 is 10.8 Å². The summed E-state index contributed by atoms with van der Waals surface area (Å²) in [6, 6.07) is 16.9. The van der Waals surface area contributed by atoms with Crippen molar-refractivity contribution in [2.45, 2.75) is 18.9 Å². The molecule has 0 amide bonds. The molecule has 0 aliphatic rings. The maximum Gasteiger partial charge on any atom is 0.0935 e. The first-order chi connectivity index (χ1) is 9.33. The highest BCUT2D eigenvalue weighted by atomic mass is 16.3. The fourth-order valence-electron chi connectivity index (χ4n) is 2.54. The molecule has 1 unspecified atom stereocenters. The Morgan fingerprint density at radius 3 is 2.63 bits per heavy atom. The number of hydrogen-bond donors (Lipinski definition) is 1. The number of hydrogen-bond acceptors (Lipinski definition) is 2. The molecular weight excluding hydrogens is 234 g/mol. The van der Waals surface area contributed by atoms with E-state index in [-0.39, 0.29) is 6.04 Å². The van der Waals surface area contributed by atoms with Gasteiger partial charge in [0.2, 0.25) is 0 Å². The molecule has 3 aromatic rings. The van der Waals surface area contributed by atoms with Crippen molar-refractivity contribution in [3.8, 4) is 0 Å². The Labute approximate surface area is 112 Å². The van der Waals surface area contributed by atoms with Crippen LogP contribution in [0, 0.1) is 0 Å². The molecule has 3 rings (SSSR count). The van der Waals surface area contributed by atoms with E-state index in [4.69, 9.17) is 10.2 Å². The van der Waals surface area contributed by atoms with Gasteiger partial charge in [0.25, 0.3) is 0 Å². The van der Waals surface area contributed by atoms with E-state index in [0.29, 0.717) is 0 Å². The lowest BCUT2D eigenvalue weighted by atomic mass is 9.96. The molecule has 0 saturated carbocycles. The molecule has 1 atom stereocenters. The Balaban J connectivity index is 1.81. The lowest BCUT2D eigenvalue weighted by Gasteiger charge is -2.12. The summed E-state index contributed by atoms with van der Waals surface area (Å²) in [5, 5.41) is 2.57. The topological polar surface area (TPSA) is 39.2 Å². The van der Waals surface area contributed by atoms with Gasteiger partial charge in [0.05, 0.1) is 12.5 Å². The minimum Gasteiger partial charge on any atom is -0.472 e. The van der Waals surface area contributed by atoms with Crippen LogP contribution in [0.25, 0.3) is 10.8 Å². The molecule has 0 bridgehead atoms. The SMILES string of the molecule is NC(Cc1ccoc1)Cc1cccc2ccccc12. The summed E-state index contributed by atoms with van der Waals surface area (Å²) in [5.74, 6) is 0. The molecule has 1 aromatic heterocycles. The smallest absolute Gasteiger partial charge is 0.0935 e. The Morgan fingerprint density at radius 1 is 0.947 bits per heavy atom. The van der Waals surface area contributed by atoms with Crippen molar-refractivity contribution in [1.29, 1.82) is 0 Å². The minimum atomic E-state index is 0.114. The molecule has 0 aliphatic heterocycles. The second kappa shape index (κ2) is 5.29. The first kappa shape index (κ1) is 12.0. The van der Waals surface area contributed by atoms with E-state index in [1.165, 1.54) is 16.3 Å². The second-order valence-electron chi connectivity index (χ2n) is 4.94. The summed E-state index contributed by atoms with van der Waals surface area (Å²) in [7, 11) is 0. The van der Waals surface area contributed by atoms with Gasteiger partial charge in [0.1, 0.15) is 0 Å². The van der Waals surface area contributed by atoms with Crippen LogP contribution in [0.15, 0.2) is 65.5 Å². The predicted molar refractivity (Wildman–Crippen MR) is 78.0 cm³/mol. The van der Waals surface area contributed by atoms with Gasteiger partial charge in [-0.3, -0.25) is 0 Å². The van der Waals surface area contributed by atoms with Gasteiger partial charge in [-0.2, -0.15) is 0 Å². The third-order valence-electron chi connectivity index (χ3n) is 3.44. The van der Waals surface area contributed by atoms with Crippen LogP contribution in [0.4, 0.5) is 0 Å². The molecule has 0 saturated heterocycles. The summed E-state index contributed by atoms with van der Waals surface area (Å²) < 4.78 is 5.08. The van der Waals surface area contributed by atoms with Crippen LogP contribution in [0.2, 0.25) is 0 Å². The van der Waals surface area contributed by atoms with Crippen molar-refractivity contribution in [3.05, 3.63) is 72.2 Å². The molecule has 2 nitrogen and oxygen atoms in total. The Hall–Kier alpha value is -2.06. The monoisotopic (exact) mass is 251 g/mol. The molecule has 2 N–H and O–H groups in total. The molecule has 0 spiro atoms. The zero-order valence-corrected chi connectivity index (χ0v) is 10.8. The maximum absolute atomic E-state index is 6.25. The van der Waals surface area contributed by atoms with Crippen LogP contribution in [-0.4, -0.2) is 6.04 Å². The average Bonchev–Trinajstić information content (AvgIpc) is 2.92. The maximum atomic E-state index is 6.25. The van der Waals surface area contributed by atoms with Gasteiger partial charge in [-0.1, -0.05) is 42.5 Å². The number of nitrogens with two attached hydrogens (primary N) is 1. The second-order valence-corrected chi connectivity index (χ2v) is 4.94. The highest BCUT2D eigenvalue weighted by molar-refractivity contribution is 5.85. The van der Waals surface area contributed by atoms with Crippen LogP contribution in [-0.2, 0) is 12.8 Å². The molecular formula is C17H17NO. The lowest BCUT2D eigenvalue weighted by Crippen LogP contribution is -2.25. The zero-order chi connectivity index (χ0) is 13.1. The summed E-state index contributed by atoms with van der Waals surface area (Å²) >= 11 is 0. The Morgan fingerprint density at radius 2 is 1.79 bits per heavy atom. The average molecular weight is 251 g/mol. The molecule has 2 heteroatoms. The van der Waals surface area contributed by atoms with Crippen LogP contribution < -0.4 is 5.73 Å². The third kappa shape index (κ3) is 2.69. The van der Waals surface area contributed by atoms with E-state index in [1.54, 1.807) is 12.5 Å².